The Morgan fingerprint density at radius 3 is 2.57 bits per heavy atom. The number of carboxylic acids is 1. The molecule has 0 aromatic rings. The van der Waals surface area contributed by atoms with Gasteiger partial charge in [-0.2, -0.15) is 0 Å². The highest BCUT2D eigenvalue weighted by atomic mass is 16.7. The Labute approximate surface area is 83.2 Å². The molecule has 0 saturated carbocycles. The first-order chi connectivity index (χ1) is 6.43. The number of hydrogen-bond donors (Lipinski definition) is 2. The van der Waals surface area contributed by atoms with Crippen LogP contribution in [0.15, 0.2) is 0 Å². The van der Waals surface area contributed by atoms with Crippen LogP contribution in [0.25, 0.3) is 0 Å². The van der Waals surface area contributed by atoms with Gasteiger partial charge in [-0.3, -0.25) is 4.79 Å². The molecule has 0 radical (unpaired) electrons. The minimum atomic E-state index is -0.858. The zero-order valence-corrected chi connectivity index (χ0v) is 8.53. The summed E-state index contributed by atoms with van der Waals surface area (Å²) in [6, 6.07) is 0. The monoisotopic (exact) mass is 203 g/mol. The van der Waals surface area contributed by atoms with E-state index in [1.807, 2.05) is 0 Å². The smallest absolute Gasteiger partial charge is 0.305 e. The van der Waals surface area contributed by atoms with Gasteiger partial charge < -0.3 is 20.3 Å². The Balaban J connectivity index is 2.56. The first kappa shape index (κ1) is 11.4. The number of carbonyl (C=O) groups is 1. The minimum Gasteiger partial charge on any atom is -0.481 e. The molecule has 0 unspecified atom stereocenters. The predicted molar refractivity (Wildman–Crippen MR) is 49.7 cm³/mol. The summed E-state index contributed by atoms with van der Waals surface area (Å²) in [5.74, 6) is -1.59. The molecule has 82 valence electrons. The average molecular weight is 203 g/mol. The van der Waals surface area contributed by atoms with Crippen LogP contribution in [0.2, 0.25) is 0 Å². The van der Waals surface area contributed by atoms with Gasteiger partial charge in [-0.25, -0.2) is 0 Å². The van der Waals surface area contributed by atoms with E-state index < -0.39 is 11.8 Å². The van der Waals surface area contributed by atoms with E-state index in [4.69, 9.17) is 20.3 Å². The SMILES string of the molecule is CC1(C)O[C@H](CN)C[C@H](CC(=O)O)O1. The number of rotatable bonds is 3. The maximum atomic E-state index is 10.5. The maximum absolute atomic E-state index is 10.5. The van der Waals surface area contributed by atoms with Crippen molar-refractivity contribution in [3.8, 4) is 0 Å². The van der Waals surface area contributed by atoms with Gasteiger partial charge in [0.2, 0.25) is 0 Å². The van der Waals surface area contributed by atoms with E-state index in [0.29, 0.717) is 13.0 Å². The van der Waals surface area contributed by atoms with Gasteiger partial charge in [0, 0.05) is 13.0 Å². The molecule has 5 heteroatoms. The topological polar surface area (TPSA) is 81.8 Å². The lowest BCUT2D eigenvalue weighted by molar-refractivity contribution is -0.297. The van der Waals surface area contributed by atoms with Gasteiger partial charge >= 0.3 is 5.97 Å². The summed E-state index contributed by atoms with van der Waals surface area (Å²) in [7, 11) is 0. The third-order valence-corrected chi connectivity index (χ3v) is 2.09. The van der Waals surface area contributed by atoms with Crippen LogP contribution in [0.1, 0.15) is 26.7 Å². The molecule has 1 fully saturated rings. The number of ether oxygens (including phenoxy) is 2. The molecule has 0 amide bonds. The van der Waals surface area contributed by atoms with Crippen molar-refractivity contribution in [2.24, 2.45) is 5.73 Å². The molecule has 1 aliphatic heterocycles. The summed E-state index contributed by atoms with van der Waals surface area (Å²) in [6.07, 6.45) is 0.142. The summed E-state index contributed by atoms with van der Waals surface area (Å²) < 4.78 is 11.0. The van der Waals surface area contributed by atoms with Crippen LogP contribution in [-0.4, -0.2) is 35.6 Å². The van der Waals surface area contributed by atoms with Crippen molar-refractivity contribution in [3.05, 3.63) is 0 Å². The molecular formula is C9H17NO4. The first-order valence-electron chi connectivity index (χ1n) is 4.70. The van der Waals surface area contributed by atoms with E-state index in [1.54, 1.807) is 13.8 Å². The minimum absolute atomic E-state index is 0.00326. The summed E-state index contributed by atoms with van der Waals surface area (Å²) in [4.78, 5) is 10.5. The Bertz CT molecular complexity index is 217. The fourth-order valence-electron chi connectivity index (χ4n) is 1.68. The Kier molecular flexibility index (Phi) is 3.47. The molecule has 0 aromatic heterocycles. The molecule has 3 N–H and O–H groups in total. The maximum Gasteiger partial charge on any atom is 0.305 e. The van der Waals surface area contributed by atoms with Crippen LogP contribution < -0.4 is 5.73 Å². The first-order valence-corrected chi connectivity index (χ1v) is 4.70. The fraction of sp³-hybridized carbons (Fsp3) is 0.889. The van der Waals surface area contributed by atoms with Gasteiger partial charge in [0.05, 0.1) is 18.6 Å². The van der Waals surface area contributed by atoms with Crippen LogP contribution in [0.4, 0.5) is 0 Å². The zero-order valence-electron chi connectivity index (χ0n) is 8.53. The lowest BCUT2D eigenvalue weighted by Gasteiger charge is -2.40. The second kappa shape index (κ2) is 4.25. The quantitative estimate of drug-likeness (QED) is 0.690. The van der Waals surface area contributed by atoms with Gasteiger partial charge in [-0.1, -0.05) is 0 Å². The Morgan fingerprint density at radius 1 is 1.50 bits per heavy atom. The molecule has 0 aliphatic carbocycles. The summed E-state index contributed by atoms with van der Waals surface area (Å²) in [5.41, 5.74) is 5.49. The fourth-order valence-corrected chi connectivity index (χ4v) is 1.68. The van der Waals surface area contributed by atoms with Gasteiger partial charge in [0.15, 0.2) is 5.79 Å². The van der Waals surface area contributed by atoms with Crippen LogP contribution >= 0.6 is 0 Å². The van der Waals surface area contributed by atoms with Crippen molar-refractivity contribution >= 4 is 5.97 Å². The van der Waals surface area contributed by atoms with E-state index in [-0.39, 0.29) is 18.6 Å². The third kappa shape index (κ3) is 3.25. The zero-order chi connectivity index (χ0) is 10.8. The molecule has 1 heterocycles. The highest BCUT2D eigenvalue weighted by Crippen LogP contribution is 2.27. The molecular weight excluding hydrogens is 186 g/mol. The highest BCUT2D eigenvalue weighted by Gasteiger charge is 2.35. The van der Waals surface area contributed by atoms with Crippen molar-refractivity contribution in [1.82, 2.24) is 0 Å². The molecule has 0 spiro atoms. The molecule has 5 nitrogen and oxygen atoms in total. The van der Waals surface area contributed by atoms with Crippen LogP contribution in [0.3, 0.4) is 0 Å². The van der Waals surface area contributed by atoms with E-state index in [2.05, 4.69) is 0 Å². The van der Waals surface area contributed by atoms with Crippen molar-refractivity contribution in [2.75, 3.05) is 6.54 Å². The van der Waals surface area contributed by atoms with Crippen LogP contribution in [0, 0.1) is 0 Å². The van der Waals surface area contributed by atoms with Gasteiger partial charge in [-0.15, -0.1) is 0 Å². The second-order valence-electron chi connectivity index (χ2n) is 3.95. The number of aliphatic carboxylic acids is 1. The van der Waals surface area contributed by atoms with Gasteiger partial charge in [-0.05, 0) is 13.8 Å². The predicted octanol–water partition coefficient (Wildman–Crippen LogP) is 0.330. The second-order valence-corrected chi connectivity index (χ2v) is 3.95. The molecule has 1 saturated heterocycles. The van der Waals surface area contributed by atoms with Gasteiger partial charge in [0.25, 0.3) is 0 Å². The molecule has 14 heavy (non-hydrogen) atoms. The number of nitrogens with two attached hydrogens (primary N) is 1. The third-order valence-electron chi connectivity index (χ3n) is 2.09. The number of hydrogen-bond acceptors (Lipinski definition) is 4. The molecule has 0 bridgehead atoms. The van der Waals surface area contributed by atoms with E-state index in [0.717, 1.165) is 0 Å². The Morgan fingerprint density at radius 2 is 2.07 bits per heavy atom. The lowest BCUT2D eigenvalue weighted by atomic mass is 10.1. The average Bonchev–Trinajstić information content (AvgIpc) is 1.99. The van der Waals surface area contributed by atoms with E-state index in [1.165, 1.54) is 0 Å². The standard InChI is InChI=1S/C9H17NO4/c1-9(2)13-6(4-8(11)12)3-7(5-10)14-9/h6-7H,3-5,10H2,1-2H3,(H,11,12)/t6-,7+/m1/s1. The normalized spacial score (nSPS) is 31.4. The molecule has 1 rings (SSSR count). The summed E-state index contributed by atoms with van der Waals surface area (Å²) in [5, 5.41) is 8.64. The van der Waals surface area contributed by atoms with E-state index in [9.17, 15) is 4.79 Å². The van der Waals surface area contributed by atoms with Crippen LogP contribution in [0.5, 0.6) is 0 Å². The summed E-state index contributed by atoms with van der Waals surface area (Å²) >= 11 is 0. The summed E-state index contributed by atoms with van der Waals surface area (Å²) in [6.45, 7) is 3.93. The Hall–Kier alpha value is -0.650. The molecule has 1 aliphatic rings. The highest BCUT2D eigenvalue weighted by molar-refractivity contribution is 5.67. The lowest BCUT2D eigenvalue weighted by Crippen LogP contribution is -2.47. The largest absolute Gasteiger partial charge is 0.481 e. The van der Waals surface area contributed by atoms with Crippen molar-refractivity contribution < 1.29 is 19.4 Å². The molecule has 0 aromatic carbocycles. The van der Waals surface area contributed by atoms with Crippen molar-refractivity contribution in [1.29, 1.82) is 0 Å². The van der Waals surface area contributed by atoms with Crippen molar-refractivity contribution in [2.45, 2.75) is 44.7 Å². The van der Waals surface area contributed by atoms with E-state index >= 15 is 0 Å². The van der Waals surface area contributed by atoms with Gasteiger partial charge in [0.1, 0.15) is 0 Å². The van der Waals surface area contributed by atoms with Crippen LogP contribution in [-0.2, 0) is 14.3 Å². The molecule has 2 atom stereocenters. The van der Waals surface area contributed by atoms with Crippen molar-refractivity contribution in [3.63, 3.8) is 0 Å². The number of carboxylic acid groups (broad SMARTS) is 1.